The summed E-state index contributed by atoms with van der Waals surface area (Å²) in [5, 5.41) is 3.92. The Hall–Kier alpha value is -0.700. The van der Waals surface area contributed by atoms with Gasteiger partial charge in [0.25, 0.3) is 0 Å². The van der Waals surface area contributed by atoms with Gasteiger partial charge in [-0.2, -0.15) is 0 Å². The van der Waals surface area contributed by atoms with E-state index in [2.05, 4.69) is 111 Å². The van der Waals surface area contributed by atoms with Gasteiger partial charge in [0.15, 0.2) is 0 Å². The number of hydrogen-bond acceptors (Lipinski definition) is 0. The Labute approximate surface area is 195 Å². The average Bonchev–Trinajstić information content (AvgIpc) is 3.12. The van der Waals surface area contributed by atoms with E-state index in [0.29, 0.717) is 10.3 Å². The fourth-order valence-electron chi connectivity index (χ4n) is 6.21. The molecule has 0 spiro atoms. The summed E-state index contributed by atoms with van der Waals surface area (Å²) in [5.41, 5.74) is 4.32. The Balaban J connectivity index is 2.03. The van der Waals surface area contributed by atoms with Crippen molar-refractivity contribution in [1.29, 1.82) is 0 Å². The van der Waals surface area contributed by atoms with Crippen LogP contribution in [0.25, 0.3) is 0 Å². The number of aryl methyl sites for hydroxylation is 2. The van der Waals surface area contributed by atoms with Crippen LogP contribution in [0.3, 0.4) is 0 Å². The van der Waals surface area contributed by atoms with E-state index in [1.165, 1.54) is 30.4 Å². The minimum Gasteiger partial charge on any atom is -0.0924 e. The lowest BCUT2D eigenvalue weighted by Gasteiger charge is -2.49. The summed E-state index contributed by atoms with van der Waals surface area (Å²) in [4.78, 5) is 0. The van der Waals surface area contributed by atoms with Gasteiger partial charge in [-0.15, -0.1) is 0 Å². The van der Waals surface area contributed by atoms with Crippen LogP contribution >= 0.6 is 15.8 Å². The van der Waals surface area contributed by atoms with Crippen molar-refractivity contribution in [3.63, 3.8) is 0 Å². The minimum absolute atomic E-state index is 0.104. The van der Waals surface area contributed by atoms with Crippen molar-refractivity contribution in [3.05, 3.63) is 59.7 Å². The SMILES string of the molecule is Cc1ccc(P(c2ccc(C)cc2)C2CCCC2C(C)P(C(C)(C)C)C(C)(C)C)cc1. The second-order valence-corrected chi connectivity index (χ2v) is 18.3. The topological polar surface area (TPSA) is 0 Å². The average molecular weight is 455 g/mol. The highest BCUT2D eigenvalue weighted by molar-refractivity contribution is 7.73. The summed E-state index contributed by atoms with van der Waals surface area (Å²) in [6, 6.07) is 19.0. The van der Waals surface area contributed by atoms with Crippen molar-refractivity contribution < 1.29 is 0 Å². The van der Waals surface area contributed by atoms with Gasteiger partial charge in [-0.05, 0) is 72.8 Å². The third kappa shape index (κ3) is 5.81. The van der Waals surface area contributed by atoms with Crippen LogP contribution < -0.4 is 10.6 Å². The van der Waals surface area contributed by atoms with Crippen LogP contribution in [0.1, 0.15) is 78.9 Å². The lowest BCUT2D eigenvalue weighted by atomic mass is 10.0. The van der Waals surface area contributed by atoms with E-state index in [1.54, 1.807) is 10.6 Å². The van der Waals surface area contributed by atoms with Crippen molar-refractivity contribution >= 4 is 26.5 Å². The van der Waals surface area contributed by atoms with Crippen molar-refractivity contribution in [2.45, 2.75) is 103 Å². The van der Waals surface area contributed by atoms with Crippen molar-refractivity contribution in [2.24, 2.45) is 5.92 Å². The molecule has 1 aliphatic carbocycles. The molecule has 0 heterocycles. The molecule has 0 radical (unpaired) electrons. The van der Waals surface area contributed by atoms with Gasteiger partial charge in [0.2, 0.25) is 0 Å². The fraction of sp³-hybridized carbons (Fsp3) is 0.586. The Morgan fingerprint density at radius 2 is 1.13 bits per heavy atom. The Kier molecular flexibility index (Phi) is 7.77. The van der Waals surface area contributed by atoms with Crippen LogP contribution in [0.15, 0.2) is 48.5 Å². The molecule has 2 aromatic rings. The number of rotatable bonds is 5. The highest BCUT2D eigenvalue weighted by Gasteiger charge is 2.46. The zero-order valence-corrected chi connectivity index (χ0v) is 23.2. The van der Waals surface area contributed by atoms with Gasteiger partial charge in [0.05, 0.1) is 0 Å². The van der Waals surface area contributed by atoms with Gasteiger partial charge >= 0.3 is 0 Å². The van der Waals surface area contributed by atoms with Crippen LogP contribution in [-0.2, 0) is 0 Å². The second-order valence-electron chi connectivity index (χ2n) is 11.7. The first-order valence-electron chi connectivity index (χ1n) is 12.1. The van der Waals surface area contributed by atoms with E-state index in [4.69, 9.17) is 0 Å². The maximum Gasteiger partial charge on any atom is -0.00945 e. The van der Waals surface area contributed by atoms with Crippen molar-refractivity contribution in [3.8, 4) is 0 Å². The molecule has 0 saturated heterocycles. The summed E-state index contributed by atoms with van der Waals surface area (Å²) in [6.07, 6.45) is 4.20. The molecule has 2 heteroatoms. The van der Waals surface area contributed by atoms with Crippen LogP contribution in [0.2, 0.25) is 0 Å². The van der Waals surface area contributed by atoms with Crippen LogP contribution in [-0.4, -0.2) is 21.6 Å². The smallest absolute Gasteiger partial charge is 0.00945 e. The fourth-order valence-corrected chi connectivity index (χ4v) is 14.8. The lowest BCUT2D eigenvalue weighted by Crippen LogP contribution is -2.37. The maximum atomic E-state index is 2.61. The van der Waals surface area contributed by atoms with Crippen molar-refractivity contribution in [1.82, 2.24) is 0 Å². The summed E-state index contributed by atoms with van der Waals surface area (Å²) in [7, 11) is -0.439. The number of benzene rings is 2. The summed E-state index contributed by atoms with van der Waals surface area (Å²) in [5.74, 6) is 0.832. The normalized spacial score (nSPS) is 21.1. The zero-order chi connectivity index (χ0) is 23.0. The van der Waals surface area contributed by atoms with Gasteiger partial charge in [-0.25, -0.2) is 0 Å². The second kappa shape index (κ2) is 9.65. The molecule has 0 aromatic heterocycles. The third-order valence-electron chi connectivity index (χ3n) is 6.96. The molecule has 0 bridgehead atoms. The molecule has 3 rings (SSSR count). The molecular weight excluding hydrogens is 410 g/mol. The molecular formula is C29H44P2. The highest BCUT2D eigenvalue weighted by atomic mass is 31.1. The molecule has 3 atom stereocenters. The predicted molar refractivity (Wildman–Crippen MR) is 146 cm³/mol. The Bertz CT molecular complexity index is 777. The molecule has 1 fully saturated rings. The first-order valence-corrected chi connectivity index (χ1v) is 14.9. The molecule has 31 heavy (non-hydrogen) atoms. The molecule has 0 aliphatic heterocycles. The molecule has 0 N–H and O–H groups in total. The van der Waals surface area contributed by atoms with Gasteiger partial charge in [0.1, 0.15) is 0 Å². The molecule has 3 unspecified atom stereocenters. The molecule has 2 aromatic carbocycles. The van der Waals surface area contributed by atoms with E-state index < -0.39 is 0 Å². The third-order valence-corrected chi connectivity index (χ3v) is 14.1. The lowest BCUT2D eigenvalue weighted by molar-refractivity contribution is 0.527. The Morgan fingerprint density at radius 1 is 0.710 bits per heavy atom. The standard InChI is InChI=1S/C29H44P2/c1-21-13-17-24(18-14-21)30(25-19-15-22(2)16-20-25)27-12-10-11-26(27)23(3)31(28(4,5)6)29(7,8)9/h13-20,23,26-27H,10-12H2,1-9H3. The maximum absolute atomic E-state index is 2.61. The highest BCUT2D eigenvalue weighted by Crippen LogP contribution is 2.67. The van der Waals surface area contributed by atoms with Gasteiger partial charge in [-0.3, -0.25) is 0 Å². The zero-order valence-electron chi connectivity index (χ0n) is 21.4. The van der Waals surface area contributed by atoms with E-state index in [-0.39, 0.29) is 15.8 Å². The quantitative estimate of drug-likeness (QED) is 0.398. The first kappa shape index (κ1) is 24.9. The van der Waals surface area contributed by atoms with Crippen LogP contribution in [0.4, 0.5) is 0 Å². The van der Waals surface area contributed by atoms with E-state index in [0.717, 1.165) is 17.2 Å². The molecule has 1 aliphatic rings. The largest absolute Gasteiger partial charge is 0.0924 e. The monoisotopic (exact) mass is 454 g/mol. The number of hydrogen-bond donors (Lipinski definition) is 0. The first-order chi connectivity index (χ1) is 14.4. The molecule has 170 valence electrons. The van der Waals surface area contributed by atoms with Crippen molar-refractivity contribution in [2.75, 3.05) is 0 Å². The van der Waals surface area contributed by atoms with E-state index >= 15 is 0 Å². The summed E-state index contributed by atoms with van der Waals surface area (Å²) in [6.45, 7) is 22.0. The molecule has 0 amide bonds. The van der Waals surface area contributed by atoms with Gasteiger partial charge in [-0.1, -0.05) is 122 Å². The van der Waals surface area contributed by atoms with Crippen LogP contribution in [0.5, 0.6) is 0 Å². The predicted octanol–water partition coefficient (Wildman–Crippen LogP) is 8.37. The van der Waals surface area contributed by atoms with Gasteiger partial charge < -0.3 is 0 Å². The minimum atomic E-state index is -0.335. The Morgan fingerprint density at radius 3 is 1.52 bits per heavy atom. The van der Waals surface area contributed by atoms with Crippen LogP contribution in [0, 0.1) is 19.8 Å². The summed E-state index contributed by atoms with van der Waals surface area (Å²) < 4.78 is 0. The van der Waals surface area contributed by atoms with E-state index in [1.807, 2.05) is 0 Å². The summed E-state index contributed by atoms with van der Waals surface area (Å²) >= 11 is 0. The van der Waals surface area contributed by atoms with Gasteiger partial charge in [0, 0.05) is 0 Å². The molecule has 0 nitrogen and oxygen atoms in total. The molecule has 1 saturated carbocycles. The van der Waals surface area contributed by atoms with E-state index in [9.17, 15) is 0 Å².